The molecule has 7 heteroatoms. The van der Waals surface area contributed by atoms with Crippen LogP contribution in [0.5, 0.6) is 0 Å². The van der Waals surface area contributed by atoms with Gasteiger partial charge in [-0.05, 0) is 54.6 Å². The van der Waals surface area contributed by atoms with Crippen molar-refractivity contribution in [1.82, 2.24) is 0 Å². The first-order valence-electron chi connectivity index (χ1n) is 12.0. The summed E-state index contributed by atoms with van der Waals surface area (Å²) >= 11 is 3.45. The highest BCUT2D eigenvalue weighted by Gasteiger charge is 2.63. The van der Waals surface area contributed by atoms with E-state index in [1.807, 2.05) is 38.4 Å². The Morgan fingerprint density at radius 1 is 0.528 bits per heavy atom. The van der Waals surface area contributed by atoms with Gasteiger partial charge in [-0.25, -0.2) is 0 Å². The Bertz CT molecular complexity index is 1680. The molecule has 0 atom stereocenters. The fourth-order valence-corrected chi connectivity index (χ4v) is 8.64. The first-order chi connectivity index (χ1) is 17.7. The number of fused-ring (bicyclic) bond motifs is 8. The minimum atomic E-state index is -2.98. The number of nitrogens with zero attached hydrogens (tertiary/aromatic N) is 3. The lowest BCUT2D eigenvalue weighted by Crippen LogP contribution is -2.83. The lowest BCUT2D eigenvalue weighted by atomic mass is 9.68. The summed E-state index contributed by atoms with van der Waals surface area (Å²) < 4.78 is 20.9. The average molecular weight is 501 g/mol. The first kappa shape index (κ1) is 19.5. The Hall–Kier alpha value is -3.68. The highest BCUT2D eigenvalue weighted by atomic mass is 32.2. The fourth-order valence-electron chi connectivity index (χ4n) is 6.43. The lowest BCUT2D eigenvalue weighted by molar-refractivity contribution is -0.535. The van der Waals surface area contributed by atoms with Gasteiger partial charge in [0.15, 0.2) is 11.4 Å². The number of hydrogen-bond acceptors (Lipinski definition) is 4. The number of hydrogen-bond donors (Lipinski definition) is 0. The molecule has 0 aliphatic carbocycles. The van der Waals surface area contributed by atoms with E-state index in [9.17, 15) is 0 Å². The molecule has 0 amide bonds. The van der Waals surface area contributed by atoms with Crippen molar-refractivity contribution in [3.63, 3.8) is 0 Å². The third kappa shape index (κ3) is 2.14. The van der Waals surface area contributed by atoms with Gasteiger partial charge in [-0.3, -0.25) is 0 Å². The van der Waals surface area contributed by atoms with Crippen LogP contribution in [0.15, 0.2) is 123 Å². The predicted molar refractivity (Wildman–Crippen MR) is 145 cm³/mol. The molecule has 0 saturated heterocycles. The Kier molecular flexibility index (Phi) is 3.55. The molecule has 9 rings (SSSR count). The zero-order valence-electron chi connectivity index (χ0n) is 18.9. The quantitative estimate of drug-likeness (QED) is 0.200. The van der Waals surface area contributed by atoms with Gasteiger partial charge in [0, 0.05) is 54.5 Å². The van der Waals surface area contributed by atoms with Crippen molar-refractivity contribution < 1.29 is 8.79 Å². The highest BCUT2D eigenvalue weighted by Crippen LogP contribution is 2.61. The van der Waals surface area contributed by atoms with E-state index in [0.29, 0.717) is 0 Å². The number of para-hydroxylation sites is 4. The highest BCUT2D eigenvalue weighted by molar-refractivity contribution is 8.00. The summed E-state index contributed by atoms with van der Waals surface area (Å²) in [5.41, 5.74) is 7.68. The minimum absolute atomic E-state index is 0.912. The summed E-state index contributed by atoms with van der Waals surface area (Å²) in [5, 5.41) is 0. The number of aromatic nitrogens is 1. The molecule has 0 radical (unpaired) electrons. The van der Waals surface area contributed by atoms with Gasteiger partial charge in [0.05, 0.1) is 11.1 Å². The SMILES string of the molecule is F[B-]12N3c4ccccc4Sc4cccc(c43)-c3cccc([n+]31)-c1cccc3c1N2c1ccccc1S3. The van der Waals surface area contributed by atoms with Crippen LogP contribution in [0, 0.1) is 0 Å². The summed E-state index contributed by atoms with van der Waals surface area (Å²) in [7, 11) is 0. The van der Waals surface area contributed by atoms with Gasteiger partial charge in [0.2, 0.25) is 0 Å². The lowest BCUT2D eigenvalue weighted by Gasteiger charge is -2.56. The van der Waals surface area contributed by atoms with Crippen LogP contribution in [0.25, 0.3) is 22.5 Å². The minimum Gasteiger partial charge on any atom is -0.400 e. The predicted octanol–water partition coefficient (Wildman–Crippen LogP) is 7.79. The van der Waals surface area contributed by atoms with Crippen LogP contribution in [0.3, 0.4) is 0 Å². The number of benzene rings is 4. The van der Waals surface area contributed by atoms with Crippen molar-refractivity contribution in [2.75, 3.05) is 9.62 Å². The molecule has 36 heavy (non-hydrogen) atoms. The van der Waals surface area contributed by atoms with Crippen molar-refractivity contribution in [2.24, 2.45) is 0 Å². The molecule has 0 N–H and O–H groups in total. The number of rotatable bonds is 0. The van der Waals surface area contributed by atoms with Crippen molar-refractivity contribution in [3.05, 3.63) is 103 Å². The van der Waals surface area contributed by atoms with Crippen LogP contribution < -0.4 is 14.1 Å². The number of anilines is 4. The molecule has 0 unspecified atom stereocenters. The molecule has 4 aliphatic heterocycles. The second kappa shape index (κ2) is 6.55. The number of pyridine rings is 1. The molecule has 0 bridgehead atoms. The molecule has 0 spiro atoms. The van der Waals surface area contributed by atoms with E-state index in [1.165, 1.54) is 0 Å². The molecule has 1 aromatic heterocycles. The van der Waals surface area contributed by atoms with E-state index in [-0.39, 0.29) is 0 Å². The standard InChI is InChI=1S/C29H17BFN3S2/c31-30-32-20(18-8-5-16-26-28(18)33(30)22-10-1-3-14-24(22)35-26)12-7-13-21(32)19-9-6-17-27-29(19)34(30)23-11-2-4-15-25(23)36-27/h1-17H. The molecule has 3 nitrogen and oxygen atoms in total. The third-order valence-corrected chi connectivity index (χ3v) is 9.96. The molecule has 4 aromatic carbocycles. The maximum Gasteiger partial charge on any atom is 0.667 e. The fraction of sp³-hybridized carbons (Fsp3) is 0. The average Bonchev–Trinajstić information content (AvgIpc) is 2.92. The maximum atomic E-state index is 18.9. The smallest absolute Gasteiger partial charge is 0.400 e. The summed E-state index contributed by atoms with van der Waals surface area (Å²) in [6.45, 7) is -2.98. The van der Waals surface area contributed by atoms with Gasteiger partial charge >= 0.3 is 6.83 Å². The van der Waals surface area contributed by atoms with Gasteiger partial charge in [-0.15, -0.1) is 0 Å². The second-order valence-corrected chi connectivity index (χ2v) is 11.7. The van der Waals surface area contributed by atoms with Gasteiger partial charge in [0.25, 0.3) is 0 Å². The Morgan fingerprint density at radius 3 is 1.50 bits per heavy atom. The van der Waals surface area contributed by atoms with E-state index < -0.39 is 6.83 Å². The van der Waals surface area contributed by atoms with Crippen molar-refractivity contribution in [2.45, 2.75) is 19.6 Å². The Balaban J connectivity index is 1.50. The summed E-state index contributed by atoms with van der Waals surface area (Å²) in [5.74, 6) is 0. The summed E-state index contributed by atoms with van der Waals surface area (Å²) in [4.78, 5) is 8.31. The molecule has 170 valence electrons. The topological polar surface area (TPSA) is 10.4 Å². The second-order valence-electron chi connectivity index (χ2n) is 9.49. The van der Waals surface area contributed by atoms with Crippen molar-refractivity contribution >= 4 is 53.1 Å². The van der Waals surface area contributed by atoms with Gasteiger partial charge in [-0.1, -0.05) is 59.9 Å². The zero-order chi connectivity index (χ0) is 23.6. The molecule has 0 fully saturated rings. The molecular weight excluding hydrogens is 484 g/mol. The van der Waals surface area contributed by atoms with E-state index in [2.05, 4.69) is 78.9 Å². The van der Waals surface area contributed by atoms with Crippen molar-refractivity contribution in [1.29, 1.82) is 0 Å². The van der Waals surface area contributed by atoms with Crippen LogP contribution in [0.1, 0.15) is 0 Å². The molecule has 5 aromatic rings. The molecule has 0 saturated carbocycles. The summed E-state index contributed by atoms with van der Waals surface area (Å²) in [6, 6.07) is 35.3. The number of halogens is 1. The molecule has 4 aliphatic rings. The van der Waals surface area contributed by atoms with E-state index in [1.54, 1.807) is 23.5 Å². The van der Waals surface area contributed by atoms with Crippen LogP contribution in [0.4, 0.5) is 27.1 Å². The van der Waals surface area contributed by atoms with Crippen molar-refractivity contribution in [3.8, 4) is 22.5 Å². The third-order valence-electron chi connectivity index (χ3n) is 7.73. The summed E-state index contributed by atoms with van der Waals surface area (Å²) in [6.07, 6.45) is 0. The van der Waals surface area contributed by atoms with Crippen LogP contribution in [-0.2, 0) is 0 Å². The Labute approximate surface area is 216 Å². The van der Waals surface area contributed by atoms with E-state index in [0.717, 1.165) is 64.8 Å². The molecule has 5 heterocycles. The normalized spacial score (nSPS) is 16.4. The van der Waals surface area contributed by atoms with Gasteiger partial charge in [0.1, 0.15) is 0 Å². The van der Waals surface area contributed by atoms with E-state index in [4.69, 9.17) is 0 Å². The Morgan fingerprint density at radius 2 is 0.972 bits per heavy atom. The van der Waals surface area contributed by atoms with E-state index >= 15 is 4.32 Å². The maximum absolute atomic E-state index is 18.9. The molecular formula is C29H17BFN3S2. The van der Waals surface area contributed by atoms with Crippen LogP contribution in [-0.4, -0.2) is 6.83 Å². The van der Waals surface area contributed by atoms with Gasteiger partial charge in [-0.2, -0.15) is 0 Å². The first-order valence-corrected chi connectivity index (χ1v) is 13.7. The monoisotopic (exact) mass is 501 g/mol. The van der Waals surface area contributed by atoms with Crippen LogP contribution >= 0.6 is 23.5 Å². The zero-order valence-corrected chi connectivity index (χ0v) is 20.6. The van der Waals surface area contributed by atoms with Gasteiger partial charge < -0.3 is 18.4 Å². The largest absolute Gasteiger partial charge is 0.667 e. The van der Waals surface area contributed by atoms with Crippen LogP contribution in [0.2, 0.25) is 0 Å².